The fraction of sp³-hybridized carbons (Fsp3) is 0.692. The molecule has 19 heavy (non-hydrogen) atoms. The van der Waals surface area contributed by atoms with Crippen molar-refractivity contribution in [2.24, 2.45) is 0 Å². The van der Waals surface area contributed by atoms with Gasteiger partial charge in [-0.15, -0.1) is 11.3 Å². The van der Waals surface area contributed by atoms with E-state index in [0.717, 1.165) is 42.9 Å². The van der Waals surface area contributed by atoms with Gasteiger partial charge in [0.05, 0.1) is 17.7 Å². The molecule has 5 nitrogen and oxygen atoms in total. The highest BCUT2D eigenvalue weighted by atomic mass is 32.1. The van der Waals surface area contributed by atoms with E-state index in [1.165, 1.54) is 0 Å². The zero-order valence-corrected chi connectivity index (χ0v) is 12.1. The Balaban J connectivity index is 1.77. The van der Waals surface area contributed by atoms with Crippen LogP contribution in [0.1, 0.15) is 30.0 Å². The number of urea groups is 1. The minimum absolute atomic E-state index is 0.0177. The first-order valence-corrected chi connectivity index (χ1v) is 7.65. The third-order valence-corrected chi connectivity index (χ3v) is 4.41. The number of rotatable bonds is 4. The number of likely N-dealkylation sites (tertiary alicyclic amines) is 1. The van der Waals surface area contributed by atoms with Gasteiger partial charge in [0, 0.05) is 30.6 Å². The number of aliphatic hydroxyl groups is 1. The van der Waals surface area contributed by atoms with Crippen molar-refractivity contribution in [2.45, 2.75) is 38.6 Å². The van der Waals surface area contributed by atoms with Crippen LogP contribution in [0.3, 0.4) is 0 Å². The first kappa shape index (κ1) is 14.3. The molecule has 0 radical (unpaired) electrons. The molecule has 0 spiro atoms. The predicted octanol–water partition coefficient (Wildman–Crippen LogP) is 1.55. The third-order valence-electron chi connectivity index (χ3n) is 3.38. The van der Waals surface area contributed by atoms with Crippen LogP contribution in [0.5, 0.6) is 0 Å². The molecule has 6 heteroatoms. The van der Waals surface area contributed by atoms with E-state index < -0.39 is 0 Å². The van der Waals surface area contributed by atoms with E-state index in [4.69, 9.17) is 0 Å². The van der Waals surface area contributed by atoms with Gasteiger partial charge in [-0.2, -0.15) is 0 Å². The van der Waals surface area contributed by atoms with E-state index in [1.807, 2.05) is 12.3 Å². The second-order valence-electron chi connectivity index (χ2n) is 4.89. The largest absolute Gasteiger partial charge is 0.394 e. The molecule has 106 valence electrons. The molecule has 2 amide bonds. The Hall–Kier alpha value is -1.14. The summed E-state index contributed by atoms with van der Waals surface area (Å²) in [6, 6.07) is -0.0807. The maximum Gasteiger partial charge on any atom is 0.317 e. The van der Waals surface area contributed by atoms with Crippen molar-refractivity contribution < 1.29 is 9.90 Å². The van der Waals surface area contributed by atoms with Crippen LogP contribution in [-0.2, 0) is 6.42 Å². The van der Waals surface area contributed by atoms with Gasteiger partial charge < -0.3 is 15.3 Å². The molecule has 1 aromatic rings. The number of aliphatic hydroxyl groups excluding tert-OH is 1. The van der Waals surface area contributed by atoms with Gasteiger partial charge in [0.25, 0.3) is 0 Å². The van der Waals surface area contributed by atoms with E-state index in [0.29, 0.717) is 6.54 Å². The van der Waals surface area contributed by atoms with E-state index in [1.54, 1.807) is 16.2 Å². The van der Waals surface area contributed by atoms with E-state index in [9.17, 15) is 9.90 Å². The molecule has 0 bridgehead atoms. The van der Waals surface area contributed by atoms with Crippen molar-refractivity contribution in [3.63, 3.8) is 0 Å². The number of hydrogen-bond acceptors (Lipinski definition) is 4. The number of hydrogen-bond donors (Lipinski definition) is 2. The predicted molar refractivity (Wildman–Crippen MR) is 75.4 cm³/mol. The summed E-state index contributed by atoms with van der Waals surface area (Å²) in [6.45, 7) is 3.37. The normalized spacial score (nSPS) is 19.5. The summed E-state index contributed by atoms with van der Waals surface area (Å²) < 4.78 is 0. The molecule has 0 aliphatic carbocycles. The SMILES string of the molecule is Cc1csc(CCNC(=O)N2CCCC[C@H]2CO)n1. The standard InChI is InChI=1S/C13H21N3O2S/c1-10-9-19-12(15-10)5-6-14-13(18)16-7-3-2-4-11(16)8-17/h9,11,17H,2-8H2,1H3,(H,14,18)/t11-/m0/s1. The minimum atomic E-state index is -0.0629. The molecule has 1 atom stereocenters. The average Bonchev–Trinajstić information content (AvgIpc) is 2.84. The molecule has 2 N–H and O–H groups in total. The minimum Gasteiger partial charge on any atom is -0.394 e. The van der Waals surface area contributed by atoms with E-state index in [2.05, 4.69) is 10.3 Å². The highest BCUT2D eigenvalue weighted by Gasteiger charge is 2.25. The highest BCUT2D eigenvalue weighted by Crippen LogP contribution is 2.16. The first-order valence-electron chi connectivity index (χ1n) is 6.77. The molecule has 0 unspecified atom stereocenters. The number of nitrogens with one attached hydrogen (secondary N) is 1. The Labute approximate surface area is 117 Å². The van der Waals surface area contributed by atoms with Crippen LogP contribution in [0.15, 0.2) is 5.38 Å². The number of amides is 2. The van der Waals surface area contributed by atoms with Crippen LogP contribution in [-0.4, -0.2) is 46.8 Å². The van der Waals surface area contributed by atoms with Crippen molar-refractivity contribution in [1.82, 2.24) is 15.2 Å². The summed E-state index contributed by atoms with van der Waals surface area (Å²) in [7, 11) is 0. The number of piperidine rings is 1. The van der Waals surface area contributed by atoms with Crippen LogP contribution in [0.25, 0.3) is 0 Å². The Morgan fingerprint density at radius 2 is 2.47 bits per heavy atom. The van der Waals surface area contributed by atoms with Crippen molar-refractivity contribution >= 4 is 17.4 Å². The molecule has 0 saturated carbocycles. The molecule has 1 fully saturated rings. The Bertz CT molecular complexity index is 422. The smallest absolute Gasteiger partial charge is 0.317 e. The maximum absolute atomic E-state index is 12.0. The van der Waals surface area contributed by atoms with Crippen molar-refractivity contribution in [2.75, 3.05) is 19.7 Å². The summed E-state index contributed by atoms with van der Waals surface area (Å²) in [5.41, 5.74) is 1.03. The Kier molecular flexibility index (Phi) is 5.15. The lowest BCUT2D eigenvalue weighted by Crippen LogP contribution is -2.50. The van der Waals surface area contributed by atoms with Gasteiger partial charge in [-0.3, -0.25) is 0 Å². The summed E-state index contributed by atoms with van der Waals surface area (Å²) in [5.74, 6) is 0. The van der Waals surface area contributed by atoms with Crippen molar-refractivity contribution in [1.29, 1.82) is 0 Å². The fourth-order valence-corrected chi connectivity index (χ4v) is 3.13. The maximum atomic E-state index is 12.0. The molecule has 1 aromatic heterocycles. The van der Waals surface area contributed by atoms with Crippen LogP contribution < -0.4 is 5.32 Å². The molecule has 0 aromatic carbocycles. The Morgan fingerprint density at radius 1 is 1.63 bits per heavy atom. The number of carbonyl (C=O) groups excluding carboxylic acids is 1. The fourth-order valence-electron chi connectivity index (χ4n) is 2.35. The van der Waals surface area contributed by atoms with Gasteiger partial charge in [0.1, 0.15) is 0 Å². The van der Waals surface area contributed by atoms with Crippen molar-refractivity contribution in [3.8, 4) is 0 Å². The topological polar surface area (TPSA) is 65.5 Å². The van der Waals surface area contributed by atoms with Gasteiger partial charge >= 0.3 is 6.03 Å². The molecule has 2 rings (SSSR count). The second-order valence-corrected chi connectivity index (χ2v) is 5.83. The summed E-state index contributed by atoms with van der Waals surface area (Å²) >= 11 is 1.63. The first-order chi connectivity index (χ1) is 9.20. The van der Waals surface area contributed by atoms with Crippen molar-refractivity contribution in [3.05, 3.63) is 16.1 Å². The molecular formula is C13H21N3O2S. The lowest BCUT2D eigenvalue weighted by atomic mass is 10.0. The zero-order valence-electron chi connectivity index (χ0n) is 11.3. The molecule has 1 aliphatic heterocycles. The van der Waals surface area contributed by atoms with Crippen LogP contribution >= 0.6 is 11.3 Å². The Morgan fingerprint density at radius 3 is 3.16 bits per heavy atom. The quantitative estimate of drug-likeness (QED) is 0.881. The van der Waals surface area contributed by atoms with Gasteiger partial charge in [0.15, 0.2) is 0 Å². The average molecular weight is 283 g/mol. The van der Waals surface area contributed by atoms with E-state index >= 15 is 0 Å². The molecule has 1 aliphatic rings. The van der Waals surface area contributed by atoms with E-state index in [-0.39, 0.29) is 18.7 Å². The van der Waals surface area contributed by atoms with Crippen LogP contribution in [0, 0.1) is 6.92 Å². The number of thiazole rings is 1. The number of nitrogens with zero attached hydrogens (tertiary/aromatic N) is 2. The summed E-state index contributed by atoms with van der Waals surface area (Å²) in [4.78, 5) is 18.2. The molecule has 1 saturated heterocycles. The lowest BCUT2D eigenvalue weighted by Gasteiger charge is -2.34. The van der Waals surface area contributed by atoms with Crippen LogP contribution in [0.2, 0.25) is 0 Å². The van der Waals surface area contributed by atoms with Gasteiger partial charge in [-0.25, -0.2) is 9.78 Å². The number of aromatic nitrogens is 1. The second kappa shape index (κ2) is 6.86. The van der Waals surface area contributed by atoms with Gasteiger partial charge in [0.2, 0.25) is 0 Å². The lowest BCUT2D eigenvalue weighted by molar-refractivity contribution is 0.108. The van der Waals surface area contributed by atoms with Crippen LogP contribution in [0.4, 0.5) is 4.79 Å². The van der Waals surface area contributed by atoms with Gasteiger partial charge in [-0.05, 0) is 26.2 Å². The monoisotopic (exact) mass is 283 g/mol. The van der Waals surface area contributed by atoms with Gasteiger partial charge in [-0.1, -0.05) is 0 Å². The highest BCUT2D eigenvalue weighted by molar-refractivity contribution is 7.09. The third kappa shape index (κ3) is 3.91. The molecule has 2 heterocycles. The summed E-state index contributed by atoms with van der Waals surface area (Å²) in [6.07, 6.45) is 3.78. The summed E-state index contributed by atoms with van der Waals surface area (Å²) in [5, 5.41) is 15.3. The number of carbonyl (C=O) groups is 1. The molecular weight excluding hydrogens is 262 g/mol. The zero-order chi connectivity index (χ0) is 13.7. The number of aryl methyl sites for hydroxylation is 1.